The van der Waals surface area contributed by atoms with Gasteiger partial charge in [0.25, 0.3) is 10.0 Å². The Morgan fingerprint density at radius 2 is 1.75 bits per heavy atom. The molecule has 0 radical (unpaired) electrons. The van der Waals surface area contributed by atoms with Crippen LogP contribution in [0.25, 0.3) is 22.4 Å². The molecule has 0 aliphatic carbocycles. The zero-order valence-electron chi connectivity index (χ0n) is 15.4. The molecule has 144 valence electrons. The molecule has 0 atom stereocenters. The zero-order valence-corrected chi connectivity index (χ0v) is 16.2. The highest BCUT2D eigenvalue weighted by molar-refractivity contribution is 7.92. The number of aryl methyl sites for hydroxylation is 3. The summed E-state index contributed by atoms with van der Waals surface area (Å²) in [6.07, 6.45) is 0. The topological polar surface area (TPSA) is 107 Å². The van der Waals surface area contributed by atoms with Crippen molar-refractivity contribution in [2.45, 2.75) is 18.7 Å². The molecule has 1 N–H and O–H groups in total. The molecule has 28 heavy (non-hydrogen) atoms. The predicted molar refractivity (Wildman–Crippen MR) is 104 cm³/mol. The Labute approximate surface area is 160 Å². The Morgan fingerprint density at radius 1 is 1.04 bits per heavy atom. The fourth-order valence-corrected chi connectivity index (χ4v) is 4.06. The first-order valence-electron chi connectivity index (χ1n) is 8.41. The van der Waals surface area contributed by atoms with Crippen molar-refractivity contribution in [1.29, 1.82) is 0 Å². The van der Waals surface area contributed by atoms with Crippen LogP contribution in [0.2, 0.25) is 0 Å². The zero-order chi connectivity index (χ0) is 20.1. The third-order valence-electron chi connectivity index (χ3n) is 4.39. The maximum Gasteiger partial charge on any atom is 0.419 e. The van der Waals surface area contributed by atoms with Crippen LogP contribution in [0.3, 0.4) is 0 Å². The number of nitrogens with one attached hydrogen (secondary N) is 1. The summed E-state index contributed by atoms with van der Waals surface area (Å²) in [5.74, 6) is 0.718. The summed E-state index contributed by atoms with van der Waals surface area (Å²) in [5, 5.41) is 0. The summed E-state index contributed by atoms with van der Waals surface area (Å²) < 4.78 is 39.7. The van der Waals surface area contributed by atoms with Crippen LogP contribution in [0.5, 0.6) is 0 Å². The first-order chi connectivity index (χ1) is 13.2. The summed E-state index contributed by atoms with van der Waals surface area (Å²) >= 11 is 0. The SMILES string of the molecule is Cc1nc(-c2ccc(NS(=O)(=O)c3ccc4c(c3)oc(=O)n4C)cc2)c(C)o1. The van der Waals surface area contributed by atoms with Gasteiger partial charge in [-0.3, -0.25) is 9.29 Å². The number of hydrogen-bond donors (Lipinski definition) is 1. The first kappa shape index (κ1) is 18.1. The van der Waals surface area contributed by atoms with Gasteiger partial charge in [-0.1, -0.05) is 12.1 Å². The number of fused-ring (bicyclic) bond motifs is 1. The molecule has 0 unspecified atom stereocenters. The fourth-order valence-electron chi connectivity index (χ4n) is 2.99. The third-order valence-corrected chi connectivity index (χ3v) is 5.77. The van der Waals surface area contributed by atoms with Crippen LogP contribution >= 0.6 is 0 Å². The monoisotopic (exact) mass is 399 g/mol. The van der Waals surface area contributed by atoms with Gasteiger partial charge in [-0.25, -0.2) is 18.2 Å². The van der Waals surface area contributed by atoms with Gasteiger partial charge in [-0.05, 0) is 31.2 Å². The van der Waals surface area contributed by atoms with E-state index >= 15 is 0 Å². The second-order valence-electron chi connectivity index (χ2n) is 6.38. The Bertz CT molecular complexity index is 1340. The number of anilines is 1. The second kappa shape index (κ2) is 6.38. The molecule has 0 aliphatic heterocycles. The van der Waals surface area contributed by atoms with Crippen molar-refractivity contribution in [3.8, 4) is 11.3 Å². The van der Waals surface area contributed by atoms with E-state index in [4.69, 9.17) is 8.83 Å². The van der Waals surface area contributed by atoms with E-state index in [2.05, 4.69) is 9.71 Å². The van der Waals surface area contributed by atoms with E-state index in [1.807, 2.05) is 6.92 Å². The fraction of sp³-hybridized carbons (Fsp3) is 0.158. The lowest BCUT2D eigenvalue weighted by molar-refractivity contribution is 0.495. The van der Waals surface area contributed by atoms with Gasteiger partial charge in [0.15, 0.2) is 11.5 Å². The number of rotatable bonds is 4. The average Bonchev–Trinajstić information content (AvgIpc) is 3.13. The van der Waals surface area contributed by atoms with Gasteiger partial charge in [0.05, 0.1) is 10.4 Å². The van der Waals surface area contributed by atoms with Crippen LogP contribution in [-0.2, 0) is 17.1 Å². The smallest absolute Gasteiger partial charge is 0.419 e. The summed E-state index contributed by atoms with van der Waals surface area (Å²) in [4.78, 5) is 15.9. The highest BCUT2D eigenvalue weighted by atomic mass is 32.2. The molecule has 0 fully saturated rings. The van der Waals surface area contributed by atoms with Gasteiger partial charge in [-0.2, -0.15) is 0 Å². The average molecular weight is 399 g/mol. The van der Waals surface area contributed by atoms with E-state index in [-0.39, 0.29) is 10.5 Å². The maximum atomic E-state index is 12.7. The van der Waals surface area contributed by atoms with Crippen LogP contribution in [0.1, 0.15) is 11.7 Å². The molecule has 9 heteroatoms. The van der Waals surface area contributed by atoms with Crippen LogP contribution in [0.15, 0.2) is 61.0 Å². The Morgan fingerprint density at radius 3 is 2.39 bits per heavy atom. The molecule has 2 aromatic carbocycles. The number of benzene rings is 2. The van der Waals surface area contributed by atoms with Gasteiger partial charge in [0.1, 0.15) is 11.5 Å². The lowest BCUT2D eigenvalue weighted by Gasteiger charge is -2.08. The largest absolute Gasteiger partial charge is 0.446 e. The molecule has 8 nitrogen and oxygen atoms in total. The Balaban J connectivity index is 1.62. The molecule has 0 bridgehead atoms. The third kappa shape index (κ3) is 3.09. The molecule has 0 saturated carbocycles. The van der Waals surface area contributed by atoms with E-state index in [9.17, 15) is 13.2 Å². The van der Waals surface area contributed by atoms with Crippen molar-refractivity contribution in [1.82, 2.24) is 9.55 Å². The van der Waals surface area contributed by atoms with Gasteiger partial charge in [0, 0.05) is 31.3 Å². The quantitative estimate of drug-likeness (QED) is 0.565. The Hall–Kier alpha value is -3.33. The van der Waals surface area contributed by atoms with Gasteiger partial charge >= 0.3 is 5.76 Å². The molecular formula is C19H17N3O5S. The van der Waals surface area contributed by atoms with E-state index in [0.29, 0.717) is 22.9 Å². The van der Waals surface area contributed by atoms with Crippen LogP contribution in [-0.4, -0.2) is 18.0 Å². The summed E-state index contributed by atoms with van der Waals surface area (Å²) in [6, 6.07) is 11.1. The molecule has 0 spiro atoms. The summed E-state index contributed by atoms with van der Waals surface area (Å²) in [6.45, 7) is 3.59. The minimum absolute atomic E-state index is 0.00129. The minimum atomic E-state index is -3.85. The van der Waals surface area contributed by atoms with Crippen molar-refractivity contribution < 1.29 is 17.3 Å². The molecule has 0 saturated heterocycles. The summed E-state index contributed by atoms with van der Waals surface area (Å²) in [7, 11) is -2.29. The van der Waals surface area contributed by atoms with Crippen molar-refractivity contribution in [3.05, 3.63) is 64.7 Å². The molecule has 4 rings (SSSR count). The predicted octanol–water partition coefficient (Wildman–Crippen LogP) is 3.20. The number of nitrogens with zero attached hydrogens (tertiary/aromatic N) is 2. The van der Waals surface area contributed by atoms with Gasteiger partial charge in [-0.15, -0.1) is 0 Å². The lowest BCUT2D eigenvalue weighted by Crippen LogP contribution is -2.12. The maximum absolute atomic E-state index is 12.7. The van der Waals surface area contributed by atoms with Crippen molar-refractivity contribution >= 4 is 26.8 Å². The lowest BCUT2D eigenvalue weighted by atomic mass is 10.1. The van der Waals surface area contributed by atoms with Crippen LogP contribution < -0.4 is 10.5 Å². The number of oxazole rings is 2. The van der Waals surface area contributed by atoms with Gasteiger partial charge in [0.2, 0.25) is 0 Å². The van der Waals surface area contributed by atoms with Crippen molar-refractivity contribution in [2.24, 2.45) is 7.05 Å². The highest BCUT2D eigenvalue weighted by Gasteiger charge is 2.17. The van der Waals surface area contributed by atoms with E-state index in [1.54, 1.807) is 38.2 Å². The van der Waals surface area contributed by atoms with E-state index in [0.717, 1.165) is 11.3 Å². The van der Waals surface area contributed by atoms with Crippen LogP contribution in [0, 0.1) is 13.8 Å². The van der Waals surface area contributed by atoms with Crippen molar-refractivity contribution in [3.63, 3.8) is 0 Å². The van der Waals surface area contributed by atoms with E-state index in [1.165, 1.54) is 22.8 Å². The Kier molecular flexibility index (Phi) is 4.11. The first-order valence-corrected chi connectivity index (χ1v) is 9.90. The summed E-state index contributed by atoms with van der Waals surface area (Å²) in [5.41, 5.74) is 2.67. The number of hydrogen-bond acceptors (Lipinski definition) is 6. The van der Waals surface area contributed by atoms with Gasteiger partial charge < -0.3 is 8.83 Å². The molecule has 4 aromatic rings. The molecule has 2 heterocycles. The van der Waals surface area contributed by atoms with Crippen LogP contribution in [0.4, 0.5) is 5.69 Å². The normalized spacial score (nSPS) is 11.8. The number of sulfonamides is 1. The molecule has 2 aromatic heterocycles. The minimum Gasteiger partial charge on any atom is -0.446 e. The standard InChI is InChI=1S/C19H17N3O5S/c1-11-18(20-12(2)26-11)13-4-6-14(7-5-13)21-28(24,25)15-8-9-16-17(10-15)27-19(23)22(16)3/h4-10,21H,1-3H3. The second-order valence-corrected chi connectivity index (χ2v) is 8.06. The van der Waals surface area contributed by atoms with E-state index < -0.39 is 15.8 Å². The molecule has 0 amide bonds. The molecule has 0 aliphatic rings. The molecular weight excluding hydrogens is 382 g/mol. The van der Waals surface area contributed by atoms with Crippen molar-refractivity contribution in [2.75, 3.05) is 4.72 Å². The highest BCUT2D eigenvalue weighted by Crippen LogP contribution is 2.26. The number of aromatic nitrogens is 2.